The van der Waals surface area contributed by atoms with Crippen LogP contribution in [0, 0.1) is 12.7 Å². The summed E-state index contributed by atoms with van der Waals surface area (Å²) in [5.74, 6) is -1.03. The molecule has 1 amide bonds. The predicted octanol–water partition coefficient (Wildman–Crippen LogP) is 3.03. The molecule has 1 aromatic carbocycles. The van der Waals surface area contributed by atoms with Crippen molar-refractivity contribution in [1.29, 1.82) is 0 Å². The Kier molecular flexibility index (Phi) is 2.95. The van der Waals surface area contributed by atoms with Crippen LogP contribution in [0.4, 0.5) is 10.1 Å². The summed E-state index contributed by atoms with van der Waals surface area (Å²) in [6.45, 7) is 1.87. The smallest absolute Gasteiger partial charge is 0.258 e. The lowest BCUT2D eigenvalue weighted by atomic mass is 10.2. The second-order valence-electron chi connectivity index (χ2n) is 4.47. The van der Waals surface area contributed by atoms with Gasteiger partial charge >= 0.3 is 0 Å². The fourth-order valence-corrected chi connectivity index (χ4v) is 2.07. The van der Waals surface area contributed by atoms with Crippen molar-refractivity contribution < 1.29 is 9.18 Å². The summed E-state index contributed by atoms with van der Waals surface area (Å²) in [5.41, 5.74) is 2.04. The topological polar surface area (TPSA) is 46.4 Å². The normalized spacial score (nSPS) is 10.7. The molecule has 20 heavy (non-hydrogen) atoms. The van der Waals surface area contributed by atoms with E-state index in [4.69, 9.17) is 0 Å². The van der Waals surface area contributed by atoms with Gasteiger partial charge in [0.2, 0.25) is 0 Å². The van der Waals surface area contributed by atoms with E-state index in [1.54, 1.807) is 24.3 Å². The number of carbonyl (C=O) groups excluding carboxylic acids is 1. The molecule has 0 aliphatic heterocycles. The Balaban J connectivity index is 1.97. The van der Waals surface area contributed by atoms with Crippen LogP contribution in [0.2, 0.25) is 0 Å². The van der Waals surface area contributed by atoms with Gasteiger partial charge in [-0.2, -0.15) is 0 Å². The van der Waals surface area contributed by atoms with Crippen LogP contribution >= 0.6 is 0 Å². The summed E-state index contributed by atoms with van der Waals surface area (Å²) in [7, 11) is 0. The lowest BCUT2D eigenvalue weighted by Crippen LogP contribution is -2.14. The minimum absolute atomic E-state index is 0.0118. The van der Waals surface area contributed by atoms with Gasteiger partial charge in [-0.15, -0.1) is 0 Å². The zero-order valence-electron chi connectivity index (χ0n) is 10.8. The average molecular weight is 269 g/mol. The molecule has 0 saturated heterocycles. The number of nitrogens with one attached hydrogen (secondary N) is 1. The number of hydrogen-bond donors (Lipinski definition) is 1. The number of pyridine rings is 1. The summed E-state index contributed by atoms with van der Waals surface area (Å²) in [6, 6.07) is 9.41. The highest BCUT2D eigenvalue weighted by atomic mass is 19.1. The van der Waals surface area contributed by atoms with Gasteiger partial charge in [-0.25, -0.2) is 9.37 Å². The van der Waals surface area contributed by atoms with E-state index >= 15 is 0 Å². The van der Waals surface area contributed by atoms with E-state index in [0.717, 1.165) is 5.69 Å². The van der Waals surface area contributed by atoms with Crippen LogP contribution in [0.25, 0.3) is 5.65 Å². The lowest BCUT2D eigenvalue weighted by molar-refractivity contribution is 0.102. The van der Waals surface area contributed by atoms with Crippen LogP contribution in [0.5, 0.6) is 0 Å². The Bertz CT molecular complexity index is 795. The molecule has 100 valence electrons. The number of rotatable bonds is 2. The van der Waals surface area contributed by atoms with E-state index < -0.39 is 11.7 Å². The van der Waals surface area contributed by atoms with Crippen LogP contribution < -0.4 is 5.32 Å². The van der Waals surface area contributed by atoms with Crippen LogP contribution in [-0.2, 0) is 0 Å². The number of amides is 1. The predicted molar refractivity (Wildman–Crippen MR) is 74.3 cm³/mol. The Morgan fingerprint density at radius 1 is 1.25 bits per heavy atom. The first-order valence-electron chi connectivity index (χ1n) is 6.15. The largest absolute Gasteiger partial charge is 0.319 e. The highest BCUT2D eigenvalue weighted by molar-refractivity contribution is 6.06. The third kappa shape index (κ3) is 2.14. The molecule has 2 aromatic heterocycles. The number of imidazole rings is 1. The molecule has 0 spiro atoms. The number of nitrogens with zero attached hydrogens (tertiary/aromatic N) is 2. The second kappa shape index (κ2) is 4.77. The number of benzene rings is 1. The van der Waals surface area contributed by atoms with Gasteiger partial charge in [0.1, 0.15) is 5.82 Å². The summed E-state index contributed by atoms with van der Waals surface area (Å²) >= 11 is 0. The summed E-state index contributed by atoms with van der Waals surface area (Å²) in [6.07, 6.45) is 3.70. The van der Waals surface area contributed by atoms with Gasteiger partial charge in [0.05, 0.1) is 16.9 Å². The summed E-state index contributed by atoms with van der Waals surface area (Å²) in [4.78, 5) is 16.4. The zero-order valence-corrected chi connectivity index (χ0v) is 10.8. The van der Waals surface area contributed by atoms with Gasteiger partial charge in [-0.3, -0.25) is 4.79 Å². The molecule has 0 fully saturated rings. The molecular formula is C15H12FN3O. The minimum Gasteiger partial charge on any atom is -0.319 e. The molecular weight excluding hydrogens is 257 g/mol. The lowest BCUT2D eigenvalue weighted by Gasteiger charge is -2.07. The maximum absolute atomic E-state index is 13.6. The van der Waals surface area contributed by atoms with E-state index in [1.165, 1.54) is 12.1 Å². The quantitative estimate of drug-likeness (QED) is 0.777. The fraction of sp³-hybridized carbons (Fsp3) is 0.0667. The molecule has 0 bridgehead atoms. The maximum Gasteiger partial charge on any atom is 0.258 e. The Morgan fingerprint density at radius 3 is 2.85 bits per heavy atom. The van der Waals surface area contributed by atoms with Gasteiger partial charge in [0, 0.05) is 12.4 Å². The van der Waals surface area contributed by atoms with Gasteiger partial charge in [-0.05, 0) is 31.2 Å². The number of hydrogen-bond acceptors (Lipinski definition) is 2. The van der Waals surface area contributed by atoms with E-state index in [9.17, 15) is 9.18 Å². The van der Waals surface area contributed by atoms with Crippen molar-refractivity contribution in [3.8, 4) is 0 Å². The van der Waals surface area contributed by atoms with Crippen LogP contribution in [0.15, 0.2) is 48.8 Å². The number of aromatic nitrogens is 2. The number of anilines is 1. The third-order valence-corrected chi connectivity index (χ3v) is 2.97. The van der Waals surface area contributed by atoms with Crippen LogP contribution in [0.3, 0.4) is 0 Å². The molecule has 0 radical (unpaired) electrons. The van der Waals surface area contributed by atoms with Crippen molar-refractivity contribution in [1.82, 2.24) is 9.38 Å². The highest BCUT2D eigenvalue weighted by Crippen LogP contribution is 2.18. The molecule has 0 unspecified atom stereocenters. The average Bonchev–Trinajstić information content (AvgIpc) is 2.80. The third-order valence-electron chi connectivity index (χ3n) is 2.97. The van der Waals surface area contributed by atoms with Gasteiger partial charge in [0.25, 0.3) is 5.91 Å². The Labute approximate surface area is 114 Å². The molecule has 1 N–H and O–H groups in total. The number of halogens is 1. The van der Waals surface area contributed by atoms with E-state index in [2.05, 4.69) is 10.3 Å². The first-order chi connectivity index (χ1) is 9.65. The molecule has 0 aliphatic rings. The van der Waals surface area contributed by atoms with E-state index in [-0.39, 0.29) is 5.56 Å². The van der Waals surface area contributed by atoms with Gasteiger partial charge in [0.15, 0.2) is 5.65 Å². The van der Waals surface area contributed by atoms with Crippen molar-refractivity contribution in [2.45, 2.75) is 6.92 Å². The van der Waals surface area contributed by atoms with Gasteiger partial charge < -0.3 is 9.72 Å². The van der Waals surface area contributed by atoms with Gasteiger partial charge in [-0.1, -0.05) is 12.1 Å². The molecule has 0 saturated carbocycles. The monoisotopic (exact) mass is 269 g/mol. The van der Waals surface area contributed by atoms with Crippen molar-refractivity contribution >= 4 is 17.2 Å². The molecule has 0 aliphatic carbocycles. The maximum atomic E-state index is 13.6. The Hall–Kier alpha value is -2.69. The van der Waals surface area contributed by atoms with Crippen molar-refractivity contribution in [3.63, 3.8) is 0 Å². The highest BCUT2D eigenvalue weighted by Gasteiger charge is 2.13. The molecule has 0 atom stereocenters. The Morgan fingerprint density at radius 2 is 2.05 bits per heavy atom. The number of aryl methyl sites for hydroxylation is 1. The summed E-state index contributed by atoms with van der Waals surface area (Å²) < 4.78 is 15.4. The van der Waals surface area contributed by atoms with Crippen molar-refractivity contribution in [2.75, 3.05) is 5.32 Å². The first kappa shape index (κ1) is 12.3. The summed E-state index contributed by atoms with van der Waals surface area (Å²) in [5, 5.41) is 2.69. The molecule has 3 rings (SSSR count). The number of carbonyl (C=O) groups is 1. The van der Waals surface area contributed by atoms with Crippen LogP contribution in [0.1, 0.15) is 16.1 Å². The molecule has 2 heterocycles. The van der Waals surface area contributed by atoms with Crippen LogP contribution in [-0.4, -0.2) is 15.3 Å². The van der Waals surface area contributed by atoms with Crippen molar-refractivity contribution in [2.24, 2.45) is 0 Å². The van der Waals surface area contributed by atoms with Crippen molar-refractivity contribution in [3.05, 3.63) is 65.9 Å². The SMILES string of the molecule is Cc1cn2cccc(NC(=O)c3ccccc3F)c2n1. The van der Waals surface area contributed by atoms with E-state index in [0.29, 0.717) is 11.3 Å². The molecule has 4 nitrogen and oxygen atoms in total. The van der Waals surface area contributed by atoms with E-state index in [1.807, 2.05) is 23.7 Å². The molecule has 3 aromatic rings. The first-order valence-corrected chi connectivity index (χ1v) is 6.15. The minimum atomic E-state index is -0.545. The fourth-order valence-electron chi connectivity index (χ4n) is 2.07. The standard InChI is InChI=1S/C15H12FN3O/c1-10-9-19-8-4-7-13(14(19)17-10)18-15(20)11-5-2-3-6-12(11)16/h2-9H,1H3,(H,18,20). The zero-order chi connectivity index (χ0) is 14.1. The number of fused-ring (bicyclic) bond motifs is 1. The molecule has 5 heteroatoms. The second-order valence-corrected chi connectivity index (χ2v) is 4.47.